The van der Waals surface area contributed by atoms with E-state index >= 15 is 0 Å². The number of rotatable bonds is 11. The van der Waals surface area contributed by atoms with E-state index in [9.17, 15) is 0 Å². The molecule has 1 aliphatic heterocycles. The van der Waals surface area contributed by atoms with Gasteiger partial charge in [0.25, 0.3) is 0 Å². The third-order valence-electron chi connectivity index (χ3n) is 4.34. The van der Waals surface area contributed by atoms with Crippen molar-refractivity contribution in [1.82, 2.24) is 10.6 Å². The molecular formula is C21H35N3O3. The van der Waals surface area contributed by atoms with Crippen molar-refractivity contribution >= 4 is 5.96 Å². The zero-order chi connectivity index (χ0) is 19.3. The van der Waals surface area contributed by atoms with Gasteiger partial charge in [0.1, 0.15) is 11.9 Å². The van der Waals surface area contributed by atoms with E-state index in [0.29, 0.717) is 19.8 Å². The van der Waals surface area contributed by atoms with Crippen LogP contribution in [0.3, 0.4) is 0 Å². The van der Waals surface area contributed by atoms with Gasteiger partial charge in [0, 0.05) is 31.7 Å². The molecule has 0 saturated carbocycles. The number of nitrogens with one attached hydrogen (secondary N) is 2. The van der Waals surface area contributed by atoms with Gasteiger partial charge in [0.2, 0.25) is 0 Å². The van der Waals surface area contributed by atoms with Crippen molar-refractivity contribution in [3.05, 3.63) is 29.3 Å². The summed E-state index contributed by atoms with van der Waals surface area (Å²) in [6.07, 6.45) is 3.35. The molecule has 1 aromatic rings. The molecule has 1 fully saturated rings. The second-order valence-corrected chi connectivity index (χ2v) is 6.80. The van der Waals surface area contributed by atoms with Gasteiger partial charge in [-0.15, -0.1) is 0 Å². The minimum Gasteiger partial charge on any atom is -0.488 e. The smallest absolute Gasteiger partial charge is 0.191 e. The second kappa shape index (κ2) is 12.6. The summed E-state index contributed by atoms with van der Waals surface area (Å²) in [4.78, 5) is 4.71. The summed E-state index contributed by atoms with van der Waals surface area (Å²) in [6.45, 7) is 11.4. The van der Waals surface area contributed by atoms with Gasteiger partial charge in [0.15, 0.2) is 5.96 Å². The molecule has 0 bridgehead atoms. The van der Waals surface area contributed by atoms with E-state index in [0.717, 1.165) is 62.8 Å². The number of guanidine groups is 1. The average Bonchev–Trinajstić information content (AvgIpc) is 3.16. The summed E-state index contributed by atoms with van der Waals surface area (Å²) in [5, 5.41) is 6.61. The van der Waals surface area contributed by atoms with Crippen molar-refractivity contribution in [3.63, 3.8) is 0 Å². The maximum atomic E-state index is 6.16. The Morgan fingerprint density at radius 1 is 1.26 bits per heavy atom. The van der Waals surface area contributed by atoms with Gasteiger partial charge in [0.05, 0.1) is 26.4 Å². The molecule has 0 aliphatic carbocycles. The Hall–Kier alpha value is -1.79. The third-order valence-corrected chi connectivity index (χ3v) is 4.34. The molecule has 1 aliphatic rings. The van der Waals surface area contributed by atoms with E-state index in [-0.39, 0.29) is 6.10 Å². The van der Waals surface area contributed by atoms with Crippen LogP contribution >= 0.6 is 0 Å². The number of unbranched alkanes of at least 4 members (excludes halogenated alkanes) is 1. The van der Waals surface area contributed by atoms with Gasteiger partial charge in [-0.25, -0.2) is 4.99 Å². The highest BCUT2D eigenvalue weighted by Crippen LogP contribution is 2.24. The molecule has 27 heavy (non-hydrogen) atoms. The average molecular weight is 378 g/mol. The summed E-state index contributed by atoms with van der Waals surface area (Å²) in [5.41, 5.74) is 2.27. The van der Waals surface area contributed by atoms with Gasteiger partial charge >= 0.3 is 0 Å². The molecule has 2 N–H and O–H groups in total. The topological polar surface area (TPSA) is 64.1 Å². The third kappa shape index (κ3) is 8.18. The summed E-state index contributed by atoms with van der Waals surface area (Å²) >= 11 is 0. The van der Waals surface area contributed by atoms with E-state index in [2.05, 4.69) is 49.6 Å². The van der Waals surface area contributed by atoms with Crippen LogP contribution in [0.25, 0.3) is 0 Å². The maximum absolute atomic E-state index is 6.16. The molecule has 1 atom stereocenters. The van der Waals surface area contributed by atoms with Crippen LogP contribution in [0.2, 0.25) is 0 Å². The molecule has 152 valence electrons. The maximum Gasteiger partial charge on any atom is 0.191 e. The van der Waals surface area contributed by atoms with Crippen LogP contribution in [0.5, 0.6) is 5.75 Å². The molecule has 1 saturated heterocycles. The van der Waals surface area contributed by atoms with Crippen LogP contribution in [-0.2, 0) is 16.0 Å². The molecule has 1 unspecified atom stereocenters. The zero-order valence-electron chi connectivity index (χ0n) is 17.1. The lowest BCUT2D eigenvalue weighted by molar-refractivity contribution is 0.136. The van der Waals surface area contributed by atoms with Crippen LogP contribution < -0.4 is 15.4 Å². The molecule has 6 heteroatoms. The number of aliphatic imine (C=N–C) groups is 1. The molecule has 1 heterocycles. The van der Waals surface area contributed by atoms with Crippen LogP contribution in [0, 0.1) is 6.92 Å². The van der Waals surface area contributed by atoms with Crippen molar-refractivity contribution in [1.29, 1.82) is 0 Å². The van der Waals surface area contributed by atoms with E-state index in [1.807, 2.05) is 0 Å². The minimum absolute atomic E-state index is 0.140. The Morgan fingerprint density at radius 3 is 2.89 bits per heavy atom. The number of benzene rings is 1. The first-order valence-corrected chi connectivity index (χ1v) is 10.2. The standard InChI is InChI=1S/C21H35N3O3/c1-4-6-11-25-13-10-23-21(22-5-2)24-15-18-8-7-17(3)14-20(18)27-19-9-12-26-16-19/h7-8,14,19H,4-6,9-13,15-16H2,1-3H3,(H2,22,23,24). The van der Waals surface area contributed by atoms with E-state index in [4.69, 9.17) is 19.2 Å². The molecule has 1 aromatic carbocycles. The molecule has 6 nitrogen and oxygen atoms in total. The van der Waals surface area contributed by atoms with Crippen LogP contribution in [0.1, 0.15) is 44.2 Å². The molecule has 0 radical (unpaired) electrons. The molecule has 2 rings (SSSR count). The van der Waals surface area contributed by atoms with E-state index < -0.39 is 0 Å². The fourth-order valence-corrected chi connectivity index (χ4v) is 2.78. The van der Waals surface area contributed by atoms with Gasteiger partial charge < -0.3 is 24.8 Å². The SMILES string of the molecule is CCCCOCCNC(=NCc1ccc(C)cc1OC1CCOC1)NCC. The number of ether oxygens (including phenoxy) is 3. The molecule has 0 aromatic heterocycles. The van der Waals surface area contributed by atoms with E-state index in [1.54, 1.807) is 0 Å². The first-order chi connectivity index (χ1) is 13.2. The largest absolute Gasteiger partial charge is 0.488 e. The van der Waals surface area contributed by atoms with Crippen LogP contribution in [0.15, 0.2) is 23.2 Å². The Labute approximate surface area is 163 Å². The number of hydrogen-bond acceptors (Lipinski definition) is 4. The molecule has 0 amide bonds. The highest BCUT2D eigenvalue weighted by molar-refractivity contribution is 5.79. The predicted octanol–water partition coefficient (Wildman–Crippen LogP) is 3.03. The summed E-state index contributed by atoms with van der Waals surface area (Å²) in [5.74, 6) is 1.71. The lowest BCUT2D eigenvalue weighted by Gasteiger charge is -2.16. The highest BCUT2D eigenvalue weighted by Gasteiger charge is 2.18. The molecular weight excluding hydrogens is 342 g/mol. The monoisotopic (exact) mass is 377 g/mol. The Kier molecular flexibility index (Phi) is 10.0. The molecule has 0 spiro atoms. The quantitative estimate of drug-likeness (QED) is 0.353. The van der Waals surface area contributed by atoms with Gasteiger partial charge in [-0.05, 0) is 31.9 Å². The summed E-state index contributed by atoms with van der Waals surface area (Å²) < 4.78 is 17.2. The van der Waals surface area contributed by atoms with Crippen molar-refractivity contribution in [3.8, 4) is 5.75 Å². The van der Waals surface area contributed by atoms with Crippen molar-refractivity contribution in [2.24, 2.45) is 4.99 Å². The number of hydrogen-bond donors (Lipinski definition) is 2. The first kappa shape index (κ1) is 21.5. The fourth-order valence-electron chi connectivity index (χ4n) is 2.78. The van der Waals surface area contributed by atoms with Crippen molar-refractivity contribution < 1.29 is 14.2 Å². The van der Waals surface area contributed by atoms with Crippen molar-refractivity contribution in [2.75, 3.05) is 39.5 Å². The highest BCUT2D eigenvalue weighted by atomic mass is 16.5. The Balaban J connectivity index is 1.91. The second-order valence-electron chi connectivity index (χ2n) is 6.80. The lowest BCUT2D eigenvalue weighted by atomic mass is 10.1. The Morgan fingerprint density at radius 2 is 2.15 bits per heavy atom. The van der Waals surface area contributed by atoms with Gasteiger partial charge in [-0.3, -0.25) is 0 Å². The Bertz CT molecular complexity index is 572. The number of aryl methyl sites for hydroxylation is 1. The van der Waals surface area contributed by atoms with Gasteiger partial charge in [-0.1, -0.05) is 25.5 Å². The van der Waals surface area contributed by atoms with Crippen LogP contribution in [0.4, 0.5) is 0 Å². The minimum atomic E-state index is 0.140. The first-order valence-electron chi connectivity index (χ1n) is 10.2. The zero-order valence-corrected chi connectivity index (χ0v) is 17.1. The predicted molar refractivity (Wildman–Crippen MR) is 110 cm³/mol. The lowest BCUT2D eigenvalue weighted by Crippen LogP contribution is -2.39. The number of nitrogens with zero attached hydrogens (tertiary/aromatic N) is 1. The normalized spacial score (nSPS) is 17.1. The fraction of sp³-hybridized carbons (Fsp3) is 0.667. The summed E-state index contributed by atoms with van der Waals surface area (Å²) in [6, 6.07) is 6.29. The van der Waals surface area contributed by atoms with Crippen molar-refractivity contribution in [2.45, 2.75) is 52.7 Å². The van der Waals surface area contributed by atoms with Crippen LogP contribution in [-0.4, -0.2) is 51.6 Å². The summed E-state index contributed by atoms with van der Waals surface area (Å²) in [7, 11) is 0. The van der Waals surface area contributed by atoms with E-state index in [1.165, 1.54) is 5.56 Å². The van der Waals surface area contributed by atoms with Gasteiger partial charge in [-0.2, -0.15) is 0 Å².